The molecule has 2 heterocycles. The predicted octanol–water partition coefficient (Wildman–Crippen LogP) is 3.90. The van der Waals surface area contributed by atoms with Crippen molar-refractivity contribution in [2.75, 3.05) is 0 Å². The number of carbonyl (C=O) groups excluding carboxylic acids is 1. The monoisotopic (exact) mass is 283 g/mol. The first-order chi connectivity index (χ1) is 8.75. The molecule has 3 unspecified atom stereocenters. The Morgan fingerprint density at radius 1 is 1.28 bits per heavy atom. The van der Waals surface area contributed by atoms with Gasteiger partial charge in [-0.2, -0.15) is 0 Å². The number of thiophene rings is 1. The maximum atomic E-state index is 12.4. The quantitative estimate of drug-likeness (QED) is 0.834. The summed E-state index contributed by atoms with van der Waals surface area (Å²) in [5.41, 5.74) is 0. The van der Waals surface area contributed by atoms with Gasteiger partial charge in [-0.25, -0.2) is 0 Å². The number of ketones is 1. The van der Waals surface area contributed by atoms with Crippen molar-refractivity contribution < 1.29 is 4.79 Å². The molecule has 3 rings (SSSR count). The van der Waals surface area contributed by atoms with Crippen molar-refractivity contribution in [1.82, 2.24) is 5.32 Å². The van der Waals surface area contributed by atoms with E-state index >= 15 is 0 Å². The summed E-state index contributed by atoms with van der Waals surface area (Å²) in [7, 11) is 0. The minimum Gasteiger partial charge on any atom is -0.304 e. The van der Waals surface area contributed by atoms with E-state index in [1.165, 1.54) is 43.4 Å². The van der Waals surface area contributed by atoms with Crippen LogP contribution in [-0.2, 0) is 0 Å². The van der Waals surface area contributed by atoms with Crippen molar-refractivity contribution >= 4 is 28.7 Å². The molecule has 0 aromatic carbocycles. The second-order valence-electron chi connectivity index (χ2n) is 5.41. The lowest BCUT2D eigenvalue weighted by molar-refractivity contribution is 0.0866. The van der Waals surface area contributed by atoms with Crippen molar-refractivity contribution in [1.29, 1.82) is 0 Å². The Bertz CT molecular complexity index is 445. The van der Waals surface area contributed by atoms with E-state index in [1.54, 1.807) is 0 Å². The van der Waals surface area contributed by atoms with Crippen molar-refractivity contribution in [2.45, 2.75) is 50.6 Å². The highest BCUT2D eigenvalue weighted by Gasteiger charge is 2.35. The topological polar surface area (TPSA) is 29.1 Å². The molecular weight excluding hydrogens is 266 g/mol. The number of halogens is 1. The van der Waals surface area contributed by atoms with Crippen LogP contribution in [0.15, 0.2) is 11.4 Å². The van der Waals surface area contributed by atoms with Gasteiger partial charge in [0.15, 0.2) is 5.78 Å². The van der Waals surface area contributed by atoms with E-state index in [4.69, 9.17) is 11.6 Å². The summed E-state index contributed by atoms with van der Waals surface area (Å²) >= 11 is 7.51. The largest absolute Gasteiger partial charge is 0.304 e. The molecule has 98 valence electrons. The van der Waals surface area contributed by atoms with E-state index < -0.39 is 0 Å². The number of hydrogen-bond donors (Lipinski definition) is 1. The van der Waals surface area contributed by atoms with Gasteiger partial charge >= 0.3 is 0 Å². The standard InChI is InChI=1S/C14H18ClNOS/c15-10-7-8-18-14(10)13(17)12-6-5-9-3-1-2-4-11(9)16-12/h7-9,11-12,16H,1-6H2. The molecule has 0 spiro atoms. The Balaban J connectivity index is 1.70. The molecule has 1 saturated heterocycles. The normalized spacial score (nSPS) is 31.9. The van der Waals surface area contributed by atoms with Crippen LogP contribution < -0.4 is 5.32 Å². The Morgan fingerprint density at radius 3 is 2.89 bits per heavy atom. The molecule has 2 aliphatic rings. The molecule has 18 heavy (non-hydrogen) atoms. The smallest absolute Gasteiger partial charge is 0.191 e. The van der Waals surface area contributed by atoms with Gasteiger partial charge in [-0.05, 0) is 43.0 Å². The first-order valence-corrected chi connectivity index (χ1v) is 8.04. The molecule has 4 heteroatoms. The first kappa shape index (κ1) is 12.6. The lowest BCUT2D eigenvalue weighted by Gasteiger charge is -2.39. The van der Waals surface area contributed by atoms with Crippen LogP contribution in [0.25, 0.3) is 0 Å². The van der Waals surface area contributed by atoms with Gasteiger partial charge in [0.25, 0.3) is 0 Å². The van der Waals surface area contributed by atoms with Crippen LogP contribution >= 0.6 is 22.9 Å². The van der Waals surface area contributed by atoms with Gasteiger partial charge in [0, 0.05) is 6.04 Å². The number of fused-ring (bicyclic) bond motifs is 1. The average Bonchev–Trinajstić information content (AvgIpc) is 2.83. The Hall–Kier alpha value is -0.380. The summed E-state index contributed by atoms with van der Waals surface area (Å²) in [6.07, 6.45) is 7.38. The average molecular weight is 284 g/mol. The molecule has 1 saturated carbocycles. The number of Topliss-reactive ketones (excluding diaryl/α,β-unsaturated/α-hetero) is 1. The summed E-state index contributed by atoms with van der Waals surface area (Å²) in [5.74, 6) is 0.987. The molecule has 1 aromatic rings. The Morgan fingerprint density at radius 2 is 2.11 bits per heavy atom. The van der Waals surface area contributed by atoms with Crippen molar-refractivity contribution in [2.24, 2.45) is 5.92 Å². The fourth-order valence-electron chi connectivity index (χ4n) is 3.33. The van der Waals surface area contributed by atoms with Crippen molar-refractivity contribution in [3.05, 3.63) is 21.3 Å². The van der Waals surface area contributed by atoms with E-state index in [9.17, 15) is 4.79 Å². The zero-order valence-corrected chi connectivity index (χ0v) is 11.9. The Labute approximate surface area is 117 Å². The summed E-state index contributed by atoms with van der Waals surface area (Å²) in [4.78, 5) is 13.1. The highest BCUT2D eigenvalue weighted by Crippen LogP contribution is 2.34. The van der Waals surface area contributed by atoms with Crippen LogP contribution in [0.5, 0.6) is 0 Å². The summed E-state index contributed by atoms with van der Waals surface area (Å²) in [6.45, 7) is 0. The maximum absolute atomic E-state index is 12.4. The number of nitrogens with one attached hydrogen (secondary N) is 1. The van der Waals surface area contributed by atoms with Gasteiger partial charge in [0.05, 0.1) is 15.9 Å². The zero-order chi connectivity index (χ0) is 12.5. The minimum atomic E-state index is -0.0134. The van der Waals surface area contributed by atoms with Gasteiger partial charge in [0.1, 0.15) is 0 Å². The van der Waals surface area contributed by atoms with E-state index in [2.05, 4.69) is 5.32 Å². The van der Waals surface area contributed by atoms with Crippen molar-refractivity contribution in [3.63, 3.8) is 0 Å². The van der Waals surface area contributed by atoms with E-state index in [-0.39, 0.29) is 11.8 Å². The van der Waals surface area contributed by atoms with Crippen LogP contribution in [-0.4, -0.2) is 17.9 Å². The molecule has 1 N–H and O–H groups in total. The summed E-state index contributed by atoms with van der Waals surface area (Å²) in [5, 5.41) is 6.07. The third-order valence-electron chi connectivity index (χ3n) is 4.31. The van der Waals surface area contributed by atoms with Gasteiger partial charge in [-0.1, -0.05) is 24.4 Å². The van der Waals surface area contributed by atoms with E-state index in [1.807, 2.05) is 11.4 Å². The molecule has 2 fully saturated rings. The van der Waals surface area contributed by atoms with E-state index in [0.717, 1.165) is 17.2 Å². The second kappa shape index (κ2) is 5.32. The lowest BCUT2D eigenvalue weighted by Crippen LogP contribution is -2.51. The molecule has 2 nitrogen and oxygen atoms in total. The van der Waals surface area contributed by atoms with Crippen molar-refractivity contribution in [3.8, 4) is 0 Å². The van der Waals surface area contributed by atoms with Gasteiger partial charge < -0.3 is 5.32 Å². The molecule has 1 aromatic heterocycles. The molecule has 0 radical (unpaired) electrons. The van der Waals surface area contributed by atoms with Crippen LogP contribution in [0.4, 0.5) is 0 Å². The third kappa shape index (κ3) is 2.36. The summed E-state index contributed by atoms with van der Waals surface area (Å²) in [6, 6.07) is 2.35. The van der Waals surface area contributed by atoms with Gasteiger partial charge in [-0.3, -0.25) is 4.79 Å². The molecular formula is C14H18ClNOS. The highest BCUT2D eigenvalue weighted by molar-refractivity contribution is 7.12. The zero-order valence-electron chi connectivity index (χ0n) is 10.3. The minimum absolute atomic E-state index is 0.0134. The molecule has 1 aliphatic carbocycles. The van der Waals surface area contributed by atoms with Crippen LogP contribution in [0, 0.1) is 5.92 Å². The lowest BCUT2D eigenvalue weighted by atomic mass is 9.77. The fourth-order valence-corrected chi connectivity index (χ4v) is 4.47. The third-order valence-corrected chi connectivity index (χ3v) is 5.66. The van der Waals surface area contributed by atoms with E-state index in [0.29, 0.717) is 11.1 Å². The van der Waals surface area contributed by atoms with Crippen LogP contribution in [0.3, 0.4) is 0 Å². The van der Waals surface area contributed by atoms with Crippen LogP contribution in [0.1, 0.15) is 48.2 Å². The number of hydrogen-bond acceptors (Lipinski definition) is 3. The molecule has 0 amide bonds. The predicted molar refractivity (Wildman–Crippen MR) is 75.6 cm³/mol. The fraction of sp³-hybridized carbons (Fsp3) is 0.643. The maximum Gasteiger partial charge on any atom is 0.191 e. The number of piperidine rings is 1. The first-order valence-electron chi connectivity index (χ1n) is 6.79. The second-order valence-corrected chi connectivity index (χ2v) is 6.73. The molecule has 3 atom stereocenters. The summed E-state index contributed by atoms with van der Waals surface area (Å²) < 4.78 is 0. The highest BCUT2D eigenvalue weighted by atomic mass is 35.5. The van der Waals surface area contributed by atoms with Gasteiger partial charge in [-0.15, -0.1) is 11.3 Å². The van der Waals surface area contributed by atoms with Gasteiger partial charge in [0.2, 0.25) is 0 Å². The van der Waals surface area contributed by atoms with Crippen LogP contribution in [0.2, 0.25) is 5.02 Å². The number of carbonyl (C=O) groups is 1. The Kier molecular flexibility index (Phi) is 3.73. The molecule has 0 bridgehead atoms. The molecule has 1 aliphatic heterocycles. The SMILES string of the molecule is O=C(c1sccc1Cl)C1CCC2CCCCC2N1. The number of rotatable bonds is 2.